The number of nitrogens with zero attached hydrogens (tertiary/aromatic N) is 5. The van der Waals surface area contributed by atoms with Crippen molar-refractivity contribution in [1.29, 1.82) is 0 Å². The molecule has 0 bridgehead atoms. The predicted molar refractivity (Wildman–Crippen MR) is 111 cm³/mol. The maximum atomic E-state index is 4.81. The Morgan fingerprint density at radius 3 is 2.63 bits per heavy atom. The minimum atomic E-state index is 0.592. The van der Waals surface area contributed by atoms with E-state index in [2.05, 4.69) is 49.3 Å². The zero-order valence-corrected chi connectivity index (χ0v) is 16.9. The second kappa shape index (κ2) is 7.64. The monoisotopic (exact) mass is 397 g/mol. The summed E-state index contributed by atoms with van der Waals surface area (Å²) in [6.07, 6.45) is 6.37. The van der Waals surface area contributed by atoms with Gasteiger partial charge in [0.25, 0.3) is 0 Å². The smallest absolute Gasteiger partial charge is 0.228 e. The molecule has 1 aliphatic heterocycles. The number of anilines is 1. The average molecular weight is 398 g/mol. The molecule has 3 heterocycles. The van der Waals surface area contributed by atoms with Gasteiger partial charge in [-0.25, -0.2) is 4.98 Å². The van der Waals surface area contributed by atoms with Gasteiger partial charge in [-0.3, -0.25) is 4.57 Å². The quantitative estimate of drug-likeness (QED) is 0.547. The Hall–Kier alpha value is -1.86. The second-order valence-corrected chi connectivity index (χ2v) is 9.03. The molecule has 0 unspecified atom stereocenters. The maximum absolute atomic E-state index is 4.81. The molecule has 1 aromatic carbocycles. The zero-order chi connectivity index (χ0) is 18.1. The fraction of sp³-hybridized carbons (Fsp3) is 0.450. The van der Waals surface area contributed by atoms with Crippen molar-refractivity contribution in [1.82, 2.24) is 19.7 Å². The standard InChI is InChI=1S/C20H23N5S2/c1-3-7-15(8-4-1)18-21-16(13-26-18)14-27-20-23-22-19(25(20)17-9-10-17)24-11-5-2-6-12-24/h1,3-4,7-8,13,17H,2,5-6,9-12,14H2. The van der Waals surface area contributed by atoms with Crippen molar-refractivity contribution in [2.45, 2.75) is 49.1 Å². The number of thioether (sulfide) groups is 1. The van der Waals surface area contributed by atoms with Crippen molar-refractivity contribution in [3.05, 3.63) is 41.4 Å². The van der Waals surface area contributed by atoms with Crippen molar-refractivity contribution in [2.75, 3.05) is 18.0 Å². The minimum Gasteiger partial charge on any atom is -0.341 e. The van der Waals surface area contributed by atoms with Crippen molar-refractivity contribution in [2.24, 2.45) is 0 Å². The average Bonchev–Trinajstić information content (AvgIpc) is 3.30. The molecule has 0 amide bonds. The second-order valence-electron chi connectivity index (χ2n) is 7.23. The molecule has 1 saturated carbocycles. The SMILES string of the molecule is c1ccc(-c2nc(CSc3nnc(N4CCCCC4)n3C3CC3)cs2)cc1. The van der Waals surface area contributed by atoms with Crippen LogP contribution in [0.1, 0.15) is 43.8 Å². The number of thiazole rings is 1. The van der Waals surface area contributed by atoms with Gasteiger partial charge < -0.3 is 4.90 Å². The number of piperidine rings is 1. The van der Waals surface area contributed by atoms with Crippen molar-refractivity contribution >= 4 is 29.0 Å². The van der Waals surface area contributed by atoms with E-state index < -0.39 is 0 Å². The van der Waals surface area contributed by atoms with Crippen LogP contribution in [-0.4, -0.2) is 32.8 Å². The van der Waals surface area contributed by atoms with E-state index in [-0.39, 0.29) is 0 Å². The van der Waals surface area contributed by atoms with E-state index in [1.54, 1.807) is 23.1 Å². The van der Waals surface area contributed by atoms with Gasteiger partial charge >= 0.3 is 0 Å². The number of benzene rings is 1. The Bertz CT molecular complexity index is 894. The molecule has 140 valence electrons. The molecule has 2 aliphatic rings. The molecule has 2 fully saturated rings. The summed E-state index contributed by atoms with van der Waals surface area (Å²) >= 11 is 3.48. The summed E-state index contributed by atoms with van der Waals surface area (Å²) in [6.45, 7) is 2.23. The lowest BCUT2D eigenvalue weighted by molar-refractivity contribution is 0.548. The normalized spacial score (nSPS) is 17.4. The third-order valence-corrected chi connectivity index (χ3v) is 7.04. The highest BCUT2D eigenvalue weighted by atomic mass is 32.2. The van der Waals surface area contributed by atoms with Gasteiger partial charge in [-0.2, -0.15) is 0 Å². The van der Waals surface area contributed by atoms with Crippen molar-refractivity contribution in [3.63, 3.8) is 0 Å². The molecular formula is C20H23N5S2. The molecule has 7 heteroatoms. The number of aromatic nitrogens is 4. The van der Waals surface area contributed by atoms with E-state index in [0.717, 1.165) is 40.6 Å². The molecule has 0 N–H and O–H groups in total. The molecule has 27 heavy (non-hydrogen) atoms. The Balaban J connectivity index is 1.31. The van der Waals surface area contributed by atoms with Gasteiger partial charge in [0.2, 0.25) is 5.95 Å². The van der Waals surface area contributed by atoms with Crippen LogP contribution < -0.4 is 4.90 Å². The first kappa shape index (κ1) is 17.3. The van der Waals surface area contributed by atoms with Crippen LogP contribution in [0.15, 0.2) is 40.9 Å². The fourth-order valence-corrected chi connectivity index (χ4v) is 5.38. The summed E-state index contributed by atoms with van der Waals surface area (Å²) in [6, 6.07) is 11.0. The molecule has 0 radical (unpaired) electrons. The number of rotatable bonds is 6. The largest absolute Gasteiger partial charge is 0.341 e. The van der Waals surface area contributed by atoms with Crippen molar-refractivity contribution < 1.29 is 0 Å². The molecule has 2 aromatic heterocycles. The third-order valence-electron chi connectivity index (χ3n) is 5.12. The van der Waals surface area contributed by atoms with Gasteiger partial charge in [-0.1, -0.05) is 42.1 Å². The highest BCUT2D eigenvalue weighted by molar-refractivity contribution is 7.98. The van der Waals surface area contributed by atoms with Gasteiger partial charge in [-0.15, -0.1) is 21.5 Å². The van der Waals surface area contributed by atoms with Crippen LogP contribution in [0.25, 0.3) is 10.6 Å². The van der Waals surface area contributed by atoms with Gasteiger partial charge in [0, 0.05) is 35.8 Å². The summed E-state index contributed by atoms with van der Waals surface area (Å²) in [5.74, 6) is 1.93. The van der Waals surface area contributed by atoms with Crippen LogP contribution >= 0.6 is 23.1 Å². The first-order valence-corrected chi connectivity index (χ1v) is 11.6. The third kappa shape index (κ3) is 3.75. The summed E-state index contributed by atoms with van der Waals surface area (Å²) in [5, 5.41) is 13.4. The lowest BCUT2D eigenvalue weighted by Crippen LogP contribution is -2.31. The van der Waals surface area contributed by atoms with E-state index in [4.69, 9.17) is 4.98 Å². The van der Waals surface area contributed by atoms with Crippen LogP contribution in [0.4, 0.5) is 5.95 Å². The molecule has 5 rings (SSSR count). The van der Waals surface area contributed by atoms with E-state index in [0.29, 0.717) is 6.04 Å². The van der Waals surface area contributed by atoms with Gasteiger partial charge in [0.15, 0.2) is 5.16 Å². The van der Waals surface area contributed by atoms with Gasteiger partial charge in [0.1, 0.15) is 5.01 Å². The van der Waals surface area contributed by atoms with E-state index in [1.165, 1.54) is 37.7 Å². The van der Waals surface area contributed by atoms with Crippen LogP contribution in [0, 0.1) is 0 Å². The molecule has 0 atom stereocenters. The van der Waals surface area contributed by atoms with Crippen LogP contribution in [-0.2, 0) is 5.75 Å². The fourth-order valence-electron chi connectivity index (χ4n) is 3.55. The first-order valence-electron chi connectivity index (χ1n) is 9.71. The van der Waals surface area contributed by atoms with Crippen LogP contribution in [0.5, 0.6) is 0 Å². The van der Waals surface area contributed by atoms with E-state index in [9.17, 15) is 0 Å². The summed E-state index contributed by atoms with van der Waals surface area (Å²) in [4.78, 5) is 7.24. The van der Waals surface area contributed by atoms with Gasteiger partial charge in [-0.05, 0) is 32.1 Å². The number of hydrogen-bond acceptors (Lipinski definition) is 6. The topological polar surface area (TPSA) is 46.8 Å². The van der Waals surface area contributed by atoms with Crippen LogP contribution in [0.2, 0.25) is 0 Å². The molecule has 1 aliphatic carbocycles. The van der Waals surface area contributed by atoms with E-state index in [1.807, 2.05) is 6.07 Å². The molecular weight excluding hydrogens is 374 g/mol. The van der Waals surface area contributed by atoms with Crippen molar-refractivity contribution in [3.8, 4) is 10.6 Å². The Labute approximate surface area is 167 Å². The van der Waals surface area contributed by atoms with E-state index >= 15 is 0 Å². The molecule has 3 aromatic rings. The number of hydrogen-bond donors (Lipinski definition) is 0. The highest BCUT2D eigenvalue weighted by Gasteiger charge is 2.32. The molecule has 5 nitrogen and oxygen atoms in total. The Morgan fingerprint density at radius 2 is 1.85 bits per heavy atom. The Morgan fingerprint density at radius 1 is 1.04 bits per heavy atom. The zero-order valence-electron chi connectivity index (χ0n) is 15.3. The minimum absolute atomic E-state index is 0.592. The summed E-state index contributed by atoms with van der Waals surface area (Å²) in [5.41, 5.74) is 2.31. The molecule has 1 saturated heterocycles. The Kier molecular flexibility index (Phi) is 4.88. The summed E-state index contributed by atoms with van der Waals surface area (Å²) in [7, 11) is 0. The van der Waals surface area contributed by atoms with Gasteiger partial charge in [0.05, 0.1) is 5.69 Å². The first-order chi connectivity index (χ1) is 13.4. The lowest BCUT2D eigenvalue weighted by Gasteiger charge is -2.27. The molecule has 0 spiro atoms. The maximum Gasteiger partial charge on any atom is 0.228 e. The lowest BCUT2D eigenvalue weighted by atomic mass is 10.1. The van der Waals surface area contributed by atoms with Crippen LogP contribution in [0.3, 0.4) is 0 Å². The summed E-state index contributed by atoms with van der Waals surface area (Å²) < 4.78 is 2.39. The highest BCUT2D eigenvalue weighted by Crippen LogP contribution is 2.41. The predicted octanol–water partition coefficient (Wildman–Crippen LogP) is 5.02.